The molecule has 0 amide bonds. The highest BCUT2D eigenvalue weighted by molar-refractivity contribution is 4.71. The van der Waals surface area contributed by atoms with Crippen molar-refractivity contribution in [3.05, 3.63) is 0 Å². The number of epoxide rings is 2. The van der Waals surface area contributed by atoms with Crippen LogP contribution in [0.5, 0.6) is 0 Å². The van der Waals surface area contributed by atoms with Crippen LogP contribution < -0.4 is 0 Å². The maximum Gasteiger partial charge on any atom is 0.284 e. The fraction of sp³-hybridized carbons (Fsp3) is 1.00. The molecule has 0 aromatic carbocycles. The summed E-state index contributed by atoms with van der Waals surface area (Å²) < 4.78 is 31.2. The first-order valence-electron chi connectivity index (χ1n) is 10.1. The monoisotopic (exact) mass is 376 g/mol. The van der Waals surface area contributed by atoms with Gasteiger partial charge in [-0.05, 0) is 6.42 Å². The van der Waals surface area contributed by atoms with Crippen LogP contribution in [0.3, 0.4) is 0 Å². The van der Waals surface area contributed by atoms with Crippen LogP contribution in [0.25, 0.3) is 0 Å². The lowest BCUT2D eigenvalue weighted by molar-refractivity contribution is -0.377. The Morgan fingerprint density at radius 2 is 1.31 bits per heavy atom. The molecule has 0 N–H and O–H groups in total. The summed E-state index contributed by atoms with van der Waals surface area (Å²) in [6.45, 7) is 7.62. The lowest BCUT2D eigenvalue weighted by atomic mass is 9.99. The predicted octanol–water partition coefficient (Wildman–Crippen LogP) is 3.77. The first-order valence-corrected chi connectivity index (χ1v) is 10.1. The van der Waals surface area contributed by atoms with E-state index < -0.39 is 5.97 Å². The van der Waals surface area contributed by atoms with E-state index in [2.05, 4.69) is 13.8 Å². The number of rotatable bonds is 15. The molecule has 3 unspecified atom stereocenters. The van der Waals surface area contributed by atoms with Gasteiger partial charge in [0.2, 0.25) is 0 Å². The molecule has 2 aliphatic heterocycles. The predicted molar refractivity (Wildman–Crippen MR) is 101 cm³/mol. The van der Waals surface area contributed by atoms with Gasteiger partial charge in [-0.1, -0.05) is 52.4 Å². The summed E-state index contributed by atoms with van der Waals surface area (Å²) in [5, 5.41) is 0. The zero-order valence-electron chi connectivity index (χ0n) is 17.5. The highest BCUT2D eigenvalue weighted by atomic mass is 16.9. The molecule has 2 fully saturated rings. The normalized spacial score (nSPS) is 22.5. The van der Waals surface area contributed by atoms with Crippen LogP contribution >= 0.6 is 0 Å². The molecule has 0 aliphatic carbocycles. The van der Waals surface area contributed by atoms with Gasteiger partial charge in [0, 0.05) is 27.2 Å². The largest absolute Gasteiger partial charge is 0.376 e. The van der Waals surface area contributed by atoms with Crippen molar-refractivity contribution in [1.82, 2.24) is 0 Å². The van der Waals surface area contributed by atoms with E-state index in [1.165, 1.54) is 38.5 Å². The van der Waals surface area contributed by atoms with Gasteiger partial charge in [0.05, 0.1) is 26.4 Å². The van der Waals surface area contributed by atoms with Crippen molar-refractivity contribution in [1.29, 1.82) is 0 Å². The van der Waals surface area contributed by atoms with E-state index in [1.807, 2.05) is 0 Å². The highest BCUT2D eigenvalue weighted by Crippen LogP contribution is 2.28. The topological polar surface area (TPSA) is 62.0 Å². The van der Waals surface area contributed by atoms with E-state index >= 15 is 0 Å². The molecular formula is C20H40O6. The van der Waals surface area contributed by atoms with Crippen molar-refractivity contribution in [2.45, 2.75) is 77.0 Å². The molecule has 0 aromatic rings. The van der Waals surface area contributed by atoms with Gasteiger partial charge in [-0.3, -0.25) is 0 Å². The van der Waals surface area contributed by atoms with E-state index in [1.54, 1.807) is 21.3 Å². The quantitative estimate of drug-likeness (QED) is 0.246. The van der Waals surface area contributed by atoms with Gasteiger partial charge in [-0.15, -0.1) is 0 Å². The van der Waals surface area contributed by atoms with Crippen LogP contribution in [0.15, 0.2) is 0 Å². The van der Waals surface area contributed by atoms with Crippen molar-refractivity contribution in [2.75, 3.05) is 47.8 Å². The fourth-order valence-electron chi connectivity index (χ4n) is 2.92. The molecule has 2 aliphatic rings. The van der Waals surface area contributed by atoms with E-state index in [9.17, 15) is 0 Å². The maximum atomic E-state index is 5.35. The van der Waals surface area contributed by atoms with E-state index in [4.69, 9.17) is 28.4 Å². The Morgan fingerprint density at radius 1 is 0.846 bits per heavy atom. The number of methoxy groups -OCH3 is 3. The fourth-order valence-corrected chi connectivity index (χ4v) is 2.92. The molecule has 0 radical (unpaired) electrons. The smallest absolute Gasteiger partial charge is 0.284 e. The zero-order valence-corrected chi connectivity index (χ0v) is 17.5. The molecule has 3 atom stereocenters. The molecule has 6 nitrogen and oxygen atoms in total. The molecule has 2 saturated heterocycles. The maximum absolute atomic E-state index is 5.35. The molecule has 2 heterocycles. The van der Waals surface area contributed by atoms with Crippen LogP contribution in [-0.2, 0) is 28.4 Å². The standard InChI is InChI=1S/C14H30O3.C6H10O3/c1-6-7-8-9-10-11-12-13(2)14(15-3,16-4)17-5;1(5-3-8-5)7-2-6-4-9-6/h13H,6-12H2,1-5H3;5-6H,1-4H2. The van der Waals surface area contributed by atoms with Gasteiger partial charge >= 0.3 is 0 Å². The highest BCUT2D eigenvalue weighted by Gasteiger charge is 2.36. The minimum absolute atomic E-state index is 0.244. The SMILES string of the molecule is C(OCC1CO1)C1CO1.CCCCCCCCC(C)C(OC)(OC)OC. The van der Waals surface area contributed by atoms with Crippen LogP contribution in [0.2, 0.25) is 0 Å². The molecule has 0 bridgehead atoms. The van der Waals surface area contributed by atoms with Crippen LogP contribution in [0.4, 0.5) is 0 Å². The third kappa shape index (κ3) is 10.2. The Hall–Kier alpha value is -0.240. The van der Waals surface area contributed by atoms with Crippen LogP contribution in [-0.4, -0.2) is 65.9 Å². The van der Waals surface area contributed by atoms with Crippen molar-refractivity contribution in [3.8, 4) is 0 Å². The zero-order chi connectivity index (χ0) is 19.3. The average Bonchev–Trinajstić information content (AvgIpc) is 3.56. The lowest BCUT2D eigenvalue weighted by Crippen LogP contribution is -2.42. The minimum atomic E-state index is -0.872. The van der Waals surface area contributed by atoms with Gasteiger partial charge in [0.25, 0.3) is 5.97 Å². The number of unbranched alkanes of at least 4 members (excludes halogenated alkanes) is 5. The summed E-state index contributed by atoms with van der Waals surface area (Å²) in [6.07, 6.45) is 9.70. The summed E-state index contributed by atoms with van der Waals surface area (Å²) in [5.41, 5.74) is 0. The van der Waals surface area contributed by atoms with Crippen molar-refractivity contribution >= 4 is 0 Å². The summed E-state index contributed by atoms with van der Waals surface area (Å²) >= 11 is 0. The van der Waals surface area contributed by atoms with Crippen LogP contribution in [0.1, 0.15) is 58.8 Å². The third-order valence-electron chi connectivity index (χ3n) is 4.86. The second kappa shape index (κ2) is 13.9. The Kier molecular flexibility index (Phi) is 12.7. The second-order valence-electron chi connectivity index (χ2n) is 7.12. The second-order valence-corrected chi connectivity index (χ2v) is 7.12. The summed E-state index contributed by atoms with van der Waals surface area (Å²) in [7, 11) is 4.89. The van der Waals surface area contributed by atoms with Gasteiger partial charge in [-0.2, -0.15) is 0 Å². The van der Waals surface area contributed by atoms with Crippen molar-refractivity contribution in [2.24, 2.45) is 5.92 Å². The number of hydrogen-bond donors (Lipinski definition) is 0. The van der Waals surface area contributed by atoms with E-state index in [0.29, 0.717) is 12.2 Å². The van der Waals surface area contributed by atoms with E-state index in [0.717, 1.165) is 32.8 Å². The average molecular weight is 377 g/mol. The molecule has 6 heteroatoms. The molecule has 0 saturated carbocycles. The molecule has 2 rings (SSSR count). The molecule has 0 spiro atoms. The molecule has 26 heavy (non-hydrogen) atoms. The van der Waals surface area contributed by atoms with Gasteiger partial charge in [0.15, 0.2) is 0 Å². The Bertz CT molecular complexity index is 306. The van der Waals surface area contributed by atoms with Crippen molar-refractivity contribution in [3.63, 3.8) is 0 Å². The van der Waals surface area contributed by atoms with Crippen molar-refractivity contribution < 1.29 is 28.4 Å². The van der Waals surface area contributed by atoms with Gasteiger partial charge in [-0.25, -0.2) is 0 Å². The van der Waals surface area contributed by atoms with Crippen LogP contribution in [0, 0.1) is 5.92 Å². The Morgan fingerprint density at radius 3 is 1.73 bits per heavy atom. The van der Waals surface area contributed by atoms with E-state index in [-0.39, 0.29) is 5.92 Å². The van der Waals surface area contributed by atoms with Gasteiger partial charge < -0.3 is 28.4 Å². The molecule has 156 valence electrons. The lowest BCUT2D eigenvalue weighted by Gasteiger charge is -2.34. The summed E-state index contributed by atoms with van der Waals surface area (Å²) in [4.78, 5) is 0. The first kappa shape index (κ1) is 23.8. The number of ether oxygens (including phenoxy) is 6. The molecular weight excluding hydrogens is 336 g/mol. The Labute approximate surface area is 159 Å². The first-order chi connectivity index (χ1) is 12.6. The minimum Gasteiger partial charge on any atom is -0.376 e. The van der Waals surface area contributed by atoms with Gasteiger partial charge in [0.1, 0.15) is 12.2 Å². The Balaban J connectivity index is 0.000000308. The number of hydrogen-bond acceptors (Lipinski definition) is 6. The third-order valence-corrected chi connectivity index (χ3v) is 4.86. The summed E-state index contributed by atoms with van der Waals surface area (Å²) in [6, 6.07) is 0. The molecule has 0 aromatic heterocycles. The summed E-state index contributed by atoms with van der Waals surface area (Å²) in [5.74, 6) is -0.627.